The van der Waals surface area contributed by atoms with Crippen LogP contribution in [0.4, 0.5) is 0 Å². The molecule has 0 aliphatic carbocycles. The molecule has 0 saturated heterocycles. The van der Waals surface area contributed by atoms with Gasteiger partial charge in [-0.15, -0.1) is 0 Å². The van der Waals surface area contributed by atoms with Gasteiger partial charge >= 0.3 is 0 Å². The van der Waals surface area contributed by atoms with Gasteiger partial charge in [-0.05, 0) is 73.1 Å². The molecule has 0 N–H and O–H groups in total. The minimum absolute atomic E-state index is 0.0265. The molecule has 0 fully saturated rings. The van der Waals surface area contributed by atoms with Crippen molar-refractivity contribution in [2.24, 2.45) is 0 Å². The molecule has 182 valence electrons. The first-order valence-corrected chi connectivity index (χ1v) is 12.4. The molecular weight excluding hydrogens is 472 g/mol. The molecule has 0 atom stereocenters. The van der Waals surface area contributed by atoms with E-state index in [0.717, 1.165) is 16.7 Å². The molecule has 0 spiro atoms. The van der Waals surface area contributed by atoms with E-state index in [2.05, 4.69) is 0 Å². The maximum absolute atomic E-state index is 9.26. The van der Waals surface area contributed by atoms with Crippen LogP contribution >= 0.6 is 0 Å². The molecule has 0 aliphatic heterocycles. The van der Waals surface area contributed by atoms with E-state index >= 15 is 0 Å². The second kappa shape index (κ2) is 8.72. The Morgan fingerprint density at radius 3 is 1.79 bits per heavy atom. The first kappa shape index (κ1) is 13.6. The third-order valence-electron chi connectivity index (χ3n) is 7.15. The summed E-state index contributed by atoms with van der Waals surface area (Å²) in [4.78, 5) is 0. The molecule has 1 nitrogen and oxygen atoms in total. The van der Waals surface area contributed by atoms with Crippen LogP contribution < -0.4 is 0 Å². The molecule has 1 heterocycles. The molecule has 1 aromatic heterocycles. The SMILES string of the molecule is [2H]c1cc2c(-c3cccc(-c4ccccc4)c3)c3cc([2H])c([2H])cc3c(-c3c([2H])c([2H])c([2H])c4oc5c([2H])c([2H])c([2H])c([2H])c5c34)c2cc1[2H]. The normalized spacial score (nSPS) is 15.5. The lowest BCUT2D eigenvalue weighted by Crippen LogP contribution is -1.91. The second-order valence-electron chi connectivity index (χ2n) is 9.27. The van der Waals surface area contributed by atoms with E-state index in [9.17, 15) is 1.37 Å². The van der Waals surface area contributed by atoms with Crippen LogP contribution in [0.25, 0.3) is 76.9 Å². The van der Waals surface area contributed by atoms with Crippen LogP contribution in [0.15, 0.2) is 150 Å². The number of furan rings is 1. The summed E-state index contributed by atoms with van der Waals surface area (Å²) in [7, 11) is 0. The van der Waals surface area contributed by atoms with E-state index < -0.39 is 42.3 Å². The van der Waals surface area contributed by atoms with Gasteiger partial charge in [-0.25, -0.2) is 0 Å². The average Bonchev–Trinajstić information content (AvgIpc) is 3.51. The van der Waals surface area contributed by atoms with Gasteiger partial charge < -0.3 is 4.42 Å². The summed E-state index contributed by atoms with van der Waals surface area (Å²) in [6.07, 6.45) is 0. The van der Waals surface area contributed by atoms with Gasteiger partial charge in [0, 0.05) is 10.8 Å². The number of hydrogen-bond acceptors (Lipinski definition) is 1. The molecule has 39 heavy (non-hydrogen) atoms. The van der Waals surface area contributed by atoms with Crippen LogP contribution in [0.3, 0.4) is 0 Å². The molecule has 0 bridgehead atoms. The van der Waals surface area contributed by atoms with Crippen LogP contribution in [0, 0.1) is 0 Å². The van der Waals surface area contributed by atoms with Crippen LogP contribution in [-0.2, 0) is 0 Å². The van der Waals surface area contributed by atoms with Crippen molar-refractivity contribution in [2.75, 3.05) is 0 Å². The number of hydrogen-bond donors (Lipinski definition) is 0. The zero-order valence-electron chi connectivity index (χ0n) is 31.4. The maximum atomic E-state index is 9.26. The zero-order valence-corrected chi connectivity index (χ0v) is 20.4. The predicted octanol–water partition coefficient (Wildman–Crippen LogP) is 10.9. The fourth-order valence-electron chi connectivity index (χ4n) is 5.50. The summed E-state index contributed by atoms with van der Waals surface area (Å²) in [5.74, 6) is 0. The molecule has 0 radical (unpaired) electrons. The topological polar surface area (TPSA) is 13.1 Å². The van der Waals surface area contributed by atoms with Crippen molar-refractivity contribution in [3.05, 3.63) is 145 Å². The summed E-state index contributed by atoms with van der Waals surface area (Å²) < 4.78 is 101. The summed E-state index contributed by atoms with van der Waals surface area (Å²) in [6, 6.07) is 19.8. The Balaban J connectivity index is 1.63. The van der Waals surface area contributed by atoms with Crippen LogP contribution in [0.5, 0.6) is 0 Å². The molecule has 0 saturated carbocycles. The van der Waals surface area contributed by atoms with E-state index in [1.165, 1.54) is 12.1 Å². The van der Waals surface area contributed by atoms with Crippen molar-refractivity contribution in [1.29, 1.82) is 0 Å². The zero-order chi connectivity index (χ0) is 35.3. The van der Waals surface area contributed by atoms with Gasteiger partial charge in [-0.3, -0.25) is 0 Å². The highest BCUT2D eigenvalue weighted by molar-refractivity contribution is 6.25. The summed E-state index contributed by atoms with van der Waals surface area (Å²) in [5.41, 5.74) is 3.12. The highest BCUT2D eigenvalue weighted by Gasteiger charge is 2.20. The lowest BCUT2D eigenvalue weighted by atomic mass is 9.84. The Bertz CT molecular complexity index is 2700. The van der Waals surface area contributed by atoms with Gasteiger partial charge in [-0.2, -0.15) is 0 Å². The average molecular weight is 508 g/mol. The second-order valence-corrected chi connectivity index (χ2v) is 9.27. The van der Waals surface area contributed by atoms with E-state index in [1.54, 1.807) is 12.1 Å². The predicted molar refractivity (Wildman–Crippen MR) is 165 cm³/mol. The number of benzene rings is 7. The third-order valence-corrected chi connectivity index (χ3v) is 7.15. The number of rotatable bonds is 3. The standard InChI is InChI=1S/C38H24O/c1-2-12-25(13-3-1)26-14-10-15-27(24-26)36-28-16-4-6-18-30(28)37(31-19-7-5-17-29(31)36)33-21-11-23-35-38(33)32-20-8-9-22-34(32)39-35/h1-24H/i4D,5D,6D,7D,8D,9D,11D,20D,21D,22D,23D. The van der Waals surface area contributed by atoms with Crippen molar-refractivity contribution in [1.82, 2.24) is 0 Å². The van der Waals surface area contributed by atoms with Gasteiger partial charge in [0.1, 0.15) is 11.2 Å². The maximum Gasteiger partial charge on any atom is 0.136 e. The van der Waals surface area contributed by atoms with Gasteiger partial charge in [0.15, 0.2) is 0 Å². The number of fused-ring (bicyclic) bond motifs is 5. The smallest absolute Gasteiger partial charge is 0.136 e. The lowest BCUT2D eigenvalue weighted by molar-refractivity contribution is 0.669. The Morgan fingerprint density at radius 2 is 1.05 bits per heavy atom. The van der Waals surface area contributed by atoms with Crippen molar-refractivity contribution in [3.8, 4) is 33.4 Å². The minimum Gasteiger partial charge on any atom is -0.456 e. The van der Waals surface area contributed by atoms with Crippen molar-refractivity contribution in [3.63, 3.8) is 0 Å². The van der Waals surface area contributed by atoms with Crippen molar-refractivity contribution >= 4 is 43.5 Å². The Labute approximate surface area is 242 Å². The van der Waals surface area contributed by atoms with Crippen molar-refractivity contribution in [2.45, 2.75) is 0 Å². The molecule has 0 amide bonds. The Kier molecular flexibility index (Phi) is 3.04. The summed E-state index contributed by atoms with van der Waals surface area (Å²) in [6.45, 7) is 0. The molecule has 7 aromatic carbocycles. The highest BCUT2D eigenvalue weighted by atomic mass is 16.3. The monoisotopic (exact) mass is 507 g/mol. The van der Waals surface area contributed by atoms with Crippen LogP contribution in [0.2, 0.25) is 0 Å². The van der Waals surface area contributed by atoms with Crippen LogP contribution in [-0.4, -0.2) is 0 Å². The third kappa shape index (κ3) is 3.41. The molecular formula is C38H24O. The molecule has 1 heteroatoms. The summed E-state index contributed by atoms with van der Waals surface area (Å²) >= 11 is 0. The fourth-order valence-corrected chi connectivity index (χ4v) is 5.50. The fraction of sp³-hybridized carbons (Fsp3) is 0. The van der Waals surface area contributed by atoms with E-state index in [0.29, 0.717) is 27.1 Å². The first-order valence-electron chi connectivity index (χ1n) is 17.9. The first-order chi connectivity index (χ1) is 23.9. The van der Waals surface area contributed by atoms with Gasteiger partial charge in [0.2, 0.25) is 0 Å². The van der Waals surface area contributed by atoms with Crippen molar-refractivity contribution < 1.29 is 19.5 Å². The van der Waals surface area contributed by atoms with Crippen LogP contribution in [0.1, 0.15) is 15.1 Å². The summed E-state index contributed by atoms with van der Waals surface area (Å²) in [5, 5.41) is 1.74. The van der Waals surface area contributed by atoms with Gasteiger partial charge in [-0.1, -0.05) is 127 Å². The molecule has 8 rings (SSSR count). The van der Waals surface area contributed by atoms with Gasteiger partial charge in [0.05, 0.1) is 15.1 Å². The molecule has 0 aliphatic rings. The van der Waals surface area contributed by atoms with Gasteiger partial charge in [0.25, 0.3) is 0 Å². The highest BCUT2D eigenvalue weighted by Crippen LogP contribution is 2.47. The molecule has 8 aromatic rings. The number of para-hydroxylation sites is 1. The Morgan fingerprint density at radius 1 is 0.436 bits per heavy atom. The quantitative estimate of drug-likeness (QED) is 0.217. The van der Waals surface area contributed by atoms with E-state index in [4.69, 9.17) is 18.1 Å². The lowest BCUT2D eigenvalue weighted by Gasteiger charge is -2.18. The Hall–Kier alpha value is -5.14. The largest absolute Gasteiger partial charge is 0.456 e. The molecule has 0 unspecified atom stereocenters. The van der Waals surface area contributed by atoms with E-state index in [-0.39, 0.29) is 57.2 Å². The minimum atomic E-state index is -0.535. The van der Waals surface area contributed by atoms with E-state index in [1.807, 2.05) is 54.6 Å².